The van der Waals surface area contributed by atoms with E-state index in [9.17, 15) is 14.1 Å². The van der Waals surface area contributed by atoms with Gasteiger partial charge in [-0.2, -0.15) is 0 Å². The van der Waals surface area contributed by atoms with Gasteiger partial charge < -0.3 is 5.11 Å². The number of carboxylic acid groups (broad SMARTS) is 1. The summed E-state index contributed by atoms with van der Waals surface area (Å²) < 4.78 is 14.0. The van der Waals surface area contributed by atoms with Crippen LogP contribution in [0, 0.1) is 10.7 Å². The van der Waals surface area contributed by atoms with Crippen molar-refractivity contribution in [3.8, 4) is 0 Å². The van der Waals surface area contributed by atoms with Gasteiger partial charge >= 0.3 is 5.97 Å². The van der Waals surface area contributed by atoms with Gasteiger partial charge in [-0.3, -0.25) is 9.20 Å². The minimum absolute atomic E-state index is 0.0214. The fourth-order valence-corrected chi connectivity index (χ4v) is 1.41. The Kier molecular flexibility index (Phi) is 2.35. The Morgan fingerprint density at radius 3 is 2.94 bits per heavy atom. The van der Waals surface area contributed by atoms with Crippen LogP contribution in [0.25, 0.3) is 5.65 Å². The van der Waals surface area contributed by atoms with Crippen LogP contribution in [0.1, 0.15) is 5.69 Å². The second kappa shape index (κ2) is 3.69. The molecule has 2 aromatic heterocycles. The lowest BCUT2D eigenvalue weighted by molar-refractivity contribution is -0.136. The molecule has 0 saturated heterocycles. The van der Waals surface area contributed by atoms with Crippen molar-refractivity contribution in [1.29, 1.82) is 0 Å². The van der Waals surface area contributed by atoms with Crippen molar-refractivity contribution in [3.05, 3.63) is 34.7 Å². The van der Waals surface area contributed by atoms with Gasteiger partial charge in [0.15, 0.2) is 0 Å². The molecule has 0 aliphatic rings. The number of aromatic nitrogens is 2. The van der Waals surface area contributed by atoms with Crippen LogP contribution in [-0.2, 0) is 11.2 Å². The molecular weight excluding hydrogens is 217 g/mol. The number of nitroso groups, excluding NO2 is 1. The summed E-state index contributed by atoms with van der Waals surface area (Å²) in [7, 11) is 0. The molecule has 0 aliphatic heterocycles. The molecule has 0 fully saturated rings. The summed E-state index contributed by atoms with van der Waals surface area (Å²) in [4.78, 5) is 25.0. The number of imidazole rings is 1. The molecule has 0 radical (unpaired) electrons. The molecule has 0 saturated carbocycles. The second-order valence-electron chi connectivity index (χ2n) is 3.12. The summed E-state index contributed by atoms with van der Waals surface area (Å²) in [5.74, 6) is -1.87. The number of rotatable bonds is 3. The molecule has 7 heteroatoms. The highest BCUT2D eigenvalue weighted by molar-refractivity contribution is 5.72. The number of halogens is 1. The van der Waals surface area contributed by atoms with Crippen molar-refractivity contribution < 1.29 is 14.3 Å². The number of carbonyl (C=O) groups is 1. The van der Waals surface area contributed by atoms with Crippen LogP contribution in [0.3, 0.4) is 0 Å². The van der Waals surface area contributed by atoms with Crippen LogP contribution in [-0.4, -0.2) is 20.5 Å². The maximum Gasteiger partial charge on any atom is 0.309 e. The normalized spacial score (nSPS) is 10.6. The van der Waals surface area contributed by atoms with E-state index < -0.39 is 18.2 Å². The summed E-state index contributed by atoms with van der Waals surface area (Å²) in [5.41, 5.74) is 0.306. The quantitative estimate of drug-likeness (QED) is 0.799. The number of hydrogen-bond acceptors (Lipinski definition) is 4. The monoisotopic (exact) mass is 223 g/mol. The van der Waals surface area contributed by atoms with Gasteiger partial charge in [-0.25, -0.2) is 9.37 Å². The molecule has 0 bridgehead atoms. The summed E-state index contributed by atoms with van der Waals surface area (Å²) in [6.45, 7) is 0. The number of aliphatic carboxylic acids is 1. The third kappa shape index (κ3) is 1.62. The van der Waals surface area contributed by atoms with Crippen LogP contribution < -0.4 is 0 Å². The van der Waals surface area contributed by atoms with E-state index in [1.165, 1.54) is 12.1 Å². The second-order valence-corrected chi connectivity index (χ2v) is 3.12. The lowest BCUT2D eigenvalue weighted by Gasteiger charge is -1.94. The van der Waals surface area contributed by atoms with Gasteiger partial charge in [-0.15, -0.1) is 4.91 Å². The average Bonchev–Trinajstić information content (AvgIpc) is 2.53. The average molecular weight is 223 g/mol. The third-order valence-electron chi connectivity index (χ3n) is 2.03. The Labute approximate surface area is 88.3 Å². The maximum atomic E-state index is 12.9. The van der Waals surface area contributed by atoms with E-state index in [-0.39, 0.29) is 17.2 Å². The zero-order valence-electron chi connectivity index (χ0n) is 7.92. The largest absolute Gasteiger partial charge is 0.481 e. The minimum Gasteiger partial charge on any atom is -0.481 e. The number of nitrogens with zero attached hydrogens (tertiary/aromatic N) is 3. The molecule has 2 rings (SSSR count). The molecule has 2 aromatic rings. The van der Waals surface area contributed by atoms with Crippen molar-refractivity contribution in [2.24, 2.45) is 5.18 Å². The lowest BCUT2D eigenvalue weighted by atomic mass is 10.3. The van der Waals surface area contributed by atoms with E-state index in [0.29, 0.717) is 0 Å². The van der Waals surface area contributed by atoms with E-state index in [0.717, 1.165) is 10.6 Å². The van der Waals surface area contributed by atoms with Crippen LogP contribution in [0.2, 0.25) is 0 Å². The Bertz CT molecular complexity index is 579. The first-order valence-electron chi connectivity index (χ1n) is 4.33. The first-order chi connectivity index (χ1) is 7.61. The van der Waals surface area contributed by atoms with Crippen LogP contribution in [0.4, 0.5) is 10.2 Å². The minimum atomic E-state index is -1.13. The molecule has 0 unspecified atom stereocenters. The van der Waals surface area contributed by atoms with Gasteiger partial charge in [0.2, 0.25) is 5.82 Å². The standard InChI is InChI=1S/C9H6FN3O3/c10-5-1-2-7-11-6(3-8(14)15)9(12-16)13(7)4-5/h1-2,4H,3H2,(H,14,15). The lowest BCUT2D eigenvalue weighted by Crippen LogP contribution is -2.00. The van der Waals surface area contributed by atoms with Gasteiger partial charge in [-0.1, -0.05) is 0 Å². The van der Waals surface area contributed by atoms with Crippen molar-refractivity contribution in [2.75, 3.05) is 0 Å². The highest BCUT2D eigenvalue weighted by atomic mass is 19.1. The topological polar surface area (TPSA) is 84.0 Å². The van der Waals surface area contributed by atoms with Gasteiger partial charge in [0.1, 0.15) is 17.2 Å². The van der Waals surface area contributed by atoms with E-state index in [1.807, 2.05) is 0 Å². The summed E-state index contributed by atoms with van der Waals surface area (Å²) in [6.07, 6.45) is 0.606. The van der Waals surface area contributed by atoms with Gasteiger partial charge in [-0.05, 0) is 17.3 Å². The zero-order chi connectivity index (χ0) is 11.7. The summed E-state index contributed by atoms with van der Waals surface area (Å²) >= 11 is 0. The van der Waals surface area contributed by atoms with Crippen LogP contribution in [0.15, 0.2) is 23.5 Å². The Hall–Kier alpha value is -2.31. The number of fused-ring (bicyclic) bond motifs is 1. The van der Waals surface area contributed by atoms with Crippen molar-refractivity contribution >= 4 is 17.4 Å². The maximum absolute atomic E-state index is 12.9. The van der Waals surface area contributed by atoms with Crippen LogP contribution in [0.5, 0.6) is 0 Å². The van der Waals surface area contributed by atoms with E-state index >= 15 is 0 Å². The van der Waals surface area contributed by atoms with Gasteiger partial charge in [0, 0.05) is 6.20 Å². The molecule has 16 heavy (non-hydrogen) atoms. The molecule has 0 spiro atoms. The smallest absolute Gasteiger partial charge is 0.309 e. The molecule has 0 aliphatic carbocycles. The molecule has 0 aromatic carbocycles. The third-order valence-corrected chi connectivity index (χ3v) is 2.03. The molecular formula is C9H6FN3O3. The van der Waals surface area contributed by atoms with Gasteiger partial charge in [0.05, 0.1) is 6.42 Å². The molecule has 82 valence electrons. The molecule has 2 heterocycles. The summed E-state index contributed by atoms with van der Waals surface area (Å²) in [6, 6.07) is 2.51. The number of carboxylic acids is 1. The molecule has 0 atom stereocenters. The van der Waals surface area contributed by atoms with Crippen molar-refractivity contribution in [2.45, 2.75) is 6.42 Å². The zero-order valence-corrected chi connectivity index (χ0v) is 7.92. The first kappa shape index (κ1) is 10.2. The molecule has 0 amide bonds. The van der Waals surface area contributed by atoms with E-state index in [1.54, 1.807) is 0 Å². The number of hydrogen-bond donors (Lipinski definition) is 1. The molecule has 1 N–H and O–H groups in total. The highest BCUT2D eigenvalue weighted by Gasteiger charge is 2.15. The van der Waals surface area contributed by atoms with E-state index in [2.05, 4.69) is 10.2 Å². The van der Waals surface area contributed by atoms with Crippen LogP contribution >= 0.6 is 0 Å². The highest BCUT2D eigenvalue weighted by Crippen LogP contribution is 2.22. The van der Waals surface area contributed by atoms with Gasteiger partial charge in [0.25, 0.3) is 0 Å². The predicted molar refractivity (Wildman–Crippen MR) is 51.9 cm³/mol. The van der Waals surface area contributed by atoms with E-state index in [4.69, 9.17) is 5.11 Å². The SMILES string of the molecule is O=Nc1c(CC(=O)O)nc2ccc(F)cn12. The first-order valence-corrected chi connectivity index (χ1v) is 4.33. The Balaban J connectivity index is 2.66. The summed E-state index contributed by atoms with van der Waals surface area (Å²) in [5, 5.41) is 11.3. The van der Waals surface area contributed by atoms with Crippen molar-refractivity contribution in [3.63, 3.8) is 0 Å². The Morgan fingerprint density at radius 2 is 2.31 bits per heavy atom. The fourth-order valence-electron chi connectivity index (χ4n) is 1.41. The number of pyridine rings is 1. The fraction of sp³-hybridized carbons (Fsp3) is 0.111. The Morgan fingerprint density at radius 1 is 1.56 bits per heavy atom. The van der Waals surface area contributed by atoms with Crippen molar-refractivity contribution in [1.82, 2.24) is 9.38 Å². The predicted octanol–water partition coefficient (Wildman–Crippen LogP) is 1.50. The molecule has 6 nitrogen and oxygen atoms in total.